The number of hydrogen-bond donors (Lipinski definition) is 4. The third kappa shape index (κ3) is 5.04. The van der Waals surface area contributed by atoms with Crippen LogP contribution < -0.4 is 21.3 Å². The lowest BCUT2D eigenvalue weighted by atomic mass is 10.1. The summed E-state index contributed by atoms with van der Waals surface area (Å²) in [5.74, 6) is 0. The van der Waals surface area contributed by atoms with Crippen LogP contribution in [0.5, 0.6) is 0 Å². The molecule has 0 fully saturated rings. The zero-order chi connectivity index (χ0) is 17.4. The number of rotatable bonds is 6. The van der Waals surface area contributed by atoms with E-state index in [4.69, 9.17) is 24.4 Å². The van der Waals surface area contributed by atoms with Gasteiger partial charge in [0.1, 0.15) is 0 Å². The monoisotopic (exact) mass is 360 g/mol. The summed E-state index contributed by atoms with van der Waals surface area (Å²) in [6.45, 7) is 5.95. The third-order valence-corrected chi connectivity index (χ3v) is 3.98. The first-order valence-electron chi connectivity index (χ1n) is 8.27. The summed E-state index contributed by atoms with van der Waals surface area (Å²) in [7, 11) is 0. The van der Waals surface area contributed by atoms with Crippen molar-refractivity contribution in [3.8, 4) is 0 Å². The smallest absolute Gasteiger partial charge is 0.170 e. The second-order valence-electron chi connectivity index (χ2n) is 5.47. The summed E-state index contributed by atoms with van der Waals surface area (Å²) < 4.78 is 0. The molecule has 0 aromatic heterocycles. The van der Waals surface area contributed by atoms with E-state index < -0.39 is 0 Å². The Morgan fingerprint density at radius 3 is 1.54 bits per heavy atom. The van der Waals surface area contributed by atoms with Crippen molar-refractivity contribution < 1.29 is 0 Å². The van der Waals surface area contributed by atoms with Crippen LogP contribution in [0.15, 0.2) is 36.4 Å². The average molecular weight is 361 g/mol. The topological polar surface area (TPSA) is 48.1 Å². The Labute approximate surface area is 154 Å². The molecule has 6 heteroatoms. The highest BCUT2D eigenvalue weighted by Gasteiger charge is 2.07. The van der Waals surface area contributed by atoms with Gasteiger partial charge >= 0.3 is 0 Å². The summed E-state index contributed by atoms with van der Waals surface area (Å²) in [4.78, 5) is 0. The van der Waals surface area contributed by atoms with Crippen LogP contribution in [-0.2, 0) is 0 Å². The van der Waals surface area contributed by atoms with Crippen molar-refractivity contribution in [3.63, 3.8) is 0 Å². The van der Waals surface area contributed by atoms with Crippen LogP contribution in [0.2, 0.25) is 0 Å². The largest absolute Gasteiger partial charge is 0.362 e. The zero-order valence-corrected chi connectivity index (χ0v) is 15.7. The molecule has 0 heterocycles. The highest BCUT2D eigenvalue weighted by atomic mass is 32.1. The average Bonchev–Trinajstić information content (AvgIpc) is 2.59. The SMILES string of the molecule is CCCNC(=S)Nc1cccc2c(NC(=S)NCCC)cccc12. The quantitative estimate of drug-likeness (QED) is 0.578. The van der Waals surface area contributed by atoms with Gasteiger partial charge in [-0.1, -0.05) is 38.1 Å². The molecule has 0 aliphatic carbocycles. The van der Waals surface area contributed by atoms with Crippen molar-refractivity contribution in [2.75, 3.05) is 23.7 Å². The second-order valence-corrected chi connectivity index (χ2v) is 6.28. The Morgan fingerprint density at radius 2 is 1.17 bits per heavy atom. The van der Waals surface area contributed by atoms with Crippen molar-refractivity contribution in [3.05, 3.63) is 36.4 Å². The van der Waals surface area contributed by atoms with Gasteiger partial charge in [0.25, 0.3) is 0 Å². The van der Waals surface area contributed by atoms with Gasteiger partial charge in [-0.15, -0.1) is 0 Å². The molecule has 4 nitrogen and oxygen atoms in total. The molecule has 0 saturated carbocycles. The van der Waals surface area contributed by atoms with E-state index in [0.29, 0.717) is 10.2 Å². The summed E-state index contributed by atoms with van der Waals surface area (Å²) in [6, 6.07) is 12.2. The van der Waals surface area contributed by atoms with Crippen LogP contribution in [0.4, 0.5) is 11.4 Å². The second kappa shape index (κ2) is 9.39. The third-order valence-electron chi connectivity index (χ3n) is 3.49. The molecule has 128 valence electrons. The maximum Gasteiger partial charge on any atom is 0.170 e. The minimum atomic E-state index is 0.642. The maximum absolute atomic E-state index is 5.35. The van der Waals surface area contributed by atoms with Gasteiger partial charge < -0.3 is 21.3 Å². The lowest BCUT2D eigenvalue weighted by molar-refractivity contribution is 0.846. The van der Waals surface area contributed by atoms with E-state index in [1.54, 1.807) is 0 Å². The molecule has 0 spiro atoms. The van der Waals surface area contributed by atoms with Crippen LogP contribution in [0.25, 0.3) is 10.8 Å². The molecule has 0 unspecified atom stereocenters. The van der Waals surface area contributed by atoms with Crippen LogP contribution in [0.3, 0.4) is 0 Å². The van der Waals surface area contributed by atoms with Crippen LogP contribution in [0.1, 0.15) is 26.7 Å². The van der Waals surface area contributed by atoms with Crippen LogP contribution in [0, 0.1) is 0 Å². The van der Waals surface area contributed by atoms with Crippen molar-refractivity contribution in [2.45, 2.75) is 26.7 Å². The van der Waals surface area contributed by atoms with E-state index >= 15 is 0 Å². The number of fused-ring (bicyclic) bond motifs is 1. The zero-order valence-electron chi connectivity index (χ0n) is 14.1. The van der Waals surface area contributed by atoms with E-state index in [0.717, 1.165) is 48.1 Å². The molecule has 2 aromatic carbocycles. The van der Waals surface area contributed by atoms with E-state index in [1.165, 1.54) is 0 Å². The first kappa shape index (κ1) is 18.4. The fourth-order valence-corrected chi connectivity index (χ4v) is 2.76. The molecule has 0 saturated heterocycles. The minimum Gasteiger partial charge on any atom is -0.362 e. The van der Waals surface area contributed by atoms with E-state index in [9.17, 15) is 0 Å². The lowest BCUT2D eigenvalue weighted by Gasteiger charge is -2.15. The standard InChI is InChI=1S/C18H24N4S2/c1-3-11-19-17(23)21-15-9-5-8-14-13(15)7-6-10-16(14)22-18(24)20-12-4-2/h5-10H,3-4,11-12H2,1-2H3,(H2,19,21,23)(H2,20,22,24). The summed E-state index contributed by atoms with van der Waals surface area (Å²) >= 11 is 10.7. The van der Waals surface area contributed by atoms with Gasteiger partial charge in [0.05, 0.1) is 0 Å². The van der Waals surface area contributed by atoms with Crippen molar-refractivity contribution in [1.82, 2.24) is 10.6 Å². The van der Waals surface area contributed by atoms with Crippen molar-refractivity contribution >= 4 is 56.8 Å². The molecule has 4 N–H and O–H groups in total. The number of anilines is 2. The highest BCUT2D eigenvalue weighted by Crippen LogP contribution is 2.29. The molecule has 0 radical (unpaired) electrons. The van der Waals surface area contributed by atoms with Gasteiger partial charge in [-0.05, 0) is 49.4 Å². The van der Waals surface area contributed by atoms with Gasteiger partial charge in [-0.2, -0.15) is 0 Å². The Kier molecular flexibility index (Phi) is 7.21. The van der Waals surface area contributed by atoms with Crippen LogP contribution >= 0.6 is 24.4 Å². The molecule has 2 aromatic rings. The molecule has 0 atom stereocenters. The normalized spacial score (nSPS) is 10.2. The molecular weight excluding hydrogens is 336 g/mol. The van der Waals surface area contributed by atoms with Crippen molar-refractivity contribution in [2.24, 2.45) is 0 Å². The van der Waals surface area contributed by atoms with Crippen molar-refractivity contribution in [1.29, 1.82) is 0 Å². The Bertz CT molecular complexity index is 654. The maximum atomic E-state index is 5.35. The molecule has 0 amide bonds. The lowest BCUT2D eigenvalue weighted by Crippen LogP contribution is -2.29. The molecule has 24 heavy (non-hydrogen) atoms. The number of thiocarbonyl (C=S) groups is 2. The molecule has 0 bridgehead atoms. The van der Waals surface area contributed by atoms with E-state index in [1.807, 2.05) is 24.3 Å². The Morgan fingerprint density at radius 1 is 0.750 bits per heavy atom. The highest BCUT2D eigenvalue weighted by molar-refractivity contribution is 7.80. The predicted octanol–water partition coefficient (Wildman–Crippen LogP) is 4.23. The summed E-state index contributed by atoms with van der Waals surface area (Å²) in [5, 5.41) is 16.4. The van der Waals surface area contributed by atoms with Gasteiger partial charge in [-0.3, -0.25) is 0 Å². The van der Waals surface area contributed by atoms with Gasteiger partial charge in [0.15, 0.2) is 10.2 Å². The molecule has 2 rings (SSSR count). The molecule has 0 aliphatic heterocycles. The first-order valence-corrected chi connectivity index (χ1v) is 9.08. The van der Waals surface area contributed by atoms with E-state index in [2.05, 4.69) is 47.2 Å². The Balaban J connectivity index is 2.22. The minimum absolute atomic E-state index is 0.642. The molecular formula is C18H24N4S2. The van der Waals surface area contributed by atoms with E-state index in [-0.39, 0.29) is 0 Å². The number of benzene rings is 2. The fourth-order valence-electron chi connectivity index (χ4n) is 2.34. The number of hydrogen-bond acceptors (Lipinski definition) is 2. The Hall–Kier alpha value is -1.92. The van der Waals surface area contributed by atoms with Crippen LogP contribution in [-0.4, -0.2) is 23.3 Å². The number of nitrogens with one attached hydrogen (secondary N) is 4. The first-order chi connectivity index (χ1) is 11.7. The van der Waals surface area contributed by atoms with Gasteiger partial charge in [0, 0.05) is 35.2 Å². The van der Waals surface area contributed by atoms with Gasteiger partial charge in [-0.25, -0.2) is 0 Å². The summed E-state index contributed by atoms with van der Waals surface area (Å²) in [5.41, 5.74) is 1.97. The predicted molar refractivity (Wildman–Crippen MR) is 113 cm³/mol. The molecule has 0 aliphatic rings. The van der Waals surface area contributed by atoms with Gasteiger partial charge in [0.2, 0.25) is 0 Å². The fraction of sp³-hybridized carbons (Fsp3) is 0.333. The summed E-state index contributed by atoms with van der Waals surface area (Å²) in [6.07, 6.45) is 2.07.